The Balaban J connectivity index is 2.01. The van der Waals surface area contributed by atoms with Gasteiger partial charge in [0.25, 0.3) is 5.91 Å². The number of thiophene rings is 1. The van der Waals surface area contributed by atoms with E-state index in [0.29, 0.717) is 25.3 Å². The van der Waals surface area contributed by atoms with E-state index < -0.39 is 17.7 Å². The fourth-order valence-electron chi connectivity index (χ4n) is 2.59. The van der Waals surface area contributed by atoms with Crippen molar-refractivity contribution >= 4 is 96.7 Å². The molecule has 0 atom stereocenters. The second-order valence-electron chi connectivity index (χ2n) is 5.68. The van der Waals surface area contributed by atoms with Gasteiger partial charge in [-0.15, -0.1) is 11.3 Å². The highest BCUT2D eigenvalue weighted by Gasteiger charge is 2.24. The zero-order valence-electron chi connectivity index (χ0n) is 14.6. The molecule has 0 unspecified atom stereocenters. The molecule has 0 saturated carbocycles. The molecule has 0 bridgehead atoms. The first-order chi connectivity index (χ1) is 13.7. The quantitative estimate of drug-likeness (QED) is 0.237. The van der Waals surface area contributed by atoms with Crippen LogP contribution in [0.15, 0.2) is 35.7 Å². The normalized spacial score (nSPS) is 10.7. The molecule has 3 rings (SSSR count). The minimum atomic E-state index is -1.17. The van der Waals surface area contributed by atoms with E-state index in [0.717, 1.165) is 7.14 Å². The standard InChI is InChI=1S/C19H11FI3NO4S/c1-28-12-6-10(21)13(16(23)15(12)22)18(25)24-11-7-29-17(14(11)19(26)27)8-2-4-9(20)5-3-8/h2-7H,1H3,(H,24,25)(H,26,27). The van der Waals surface area contributed by atoms with Crippen molar-refractivity contribution in [3.63, 3.8) is 0 Å². The van der Waals surface area contributed by atoms with Gasteiger partial charge in [-0.1, -0.05) is 12.1 Å². The van der Waals surface area contributed by atoms with Crippen molar-refractivity contribution in [2.45, 2.75) is 0 Å². The Kier molecular flexibility index (Phi) is 7.37. The molecule has 10 heteroatoms. The minimum absolute atomic E-state index is 0.0248. The van der Waals surface area contributed by atoms with Gasteiger partial charge < -0.3 is 15.2 Å². The number of amides is 1. The van der Waals surface area contributed by atoms with Crippen molar-refractivity contribution in [3.05, 3.63) is 63.4 Å². The van der Waals surface area contributed by atoms with Crippen LogP contribution in [0.25, 0.3) is 10.4 Å². The van der Waals surface area contributed by atoms with Crippen LogP contribution in [-0.4, -0.2) is 24.1 Å². The monoisotopic (exact) mass is 749 g/mol. The summed E-state index contributed by atoms with van der Waals surface area (Å²) < 4.78 is 20.7. The largest absolute Gasteiger partial charge is 0.496 e. The van der Waals surface area contributed by atoms with E-state index in [9.17, 15) is 19.1 Å². The number of carbonyl (C=O) groups excluding carboxylic acids is 1. The lowest BCUT2D eigenvalue weighted by Gasteiger charge is -2.13. The number of rotatable bonds is 5. The molecule has 0 aliphatic heterocycles. The van der Waals surface area contributed by atoms with Crippen molar-refractivity contribution < 1.29 is 23.8 Å². The third-order valence-corrected chi connectivity index (χ3v) is 8.99. The van der Waals surface area contributed by atoms with E-state index in [4.69, 9.17) is 4.74 Å². The van der Waals surface area contributed by atoms with Crippen LogP contribution in [0, 0.1) is 16.5 Å². The maximum absolute atomic E-state index is 13.2. The molecule has 3 aromatic rings. The summed E-state index contributed by atoms with van der Waals surface area (Å²) in [7, 11) is 1.56. The maximum atomic E-state index is 13.2. The van der Waals surface area contributed by atoms with E-state index in [-0.39, 0.29) is 11.3 Å². The molecule has 2 N–H and O–H groups in total. The number of ether oxygens (including phenoxy) is 1. The van der Waals surface area contributed by atoms with E-state index >= 15 is 0 Å². The number of nitrogens with one attached hydrogen (secondary N) is 1. The summed E-state index contributed by atoms with van der Waals surface area (Å²) >= 11 is 7.41. The van der Waals surface area contributed by atoms with E-state index in [2.05, 4.69) is 73.1 Å². The molecule has 1 amide bonds. The summed E-state index contributed by atoms with van der Waals surface area (Å²) in [5, 5.41) is 14.0. The van der Waals surface area contributed by atoms with Crippen LogP contribution < -0.4 is 10.1 Å². The number of hydrogen-bond donors (Lipinski definition) is 2. The first-order valence-corrected chi connectivity index (χ1v) is 12.0. The average molecular weight is 749 g/mol. The zero-order chi connectivity index (χ0) is 21.3. The SMILES string of the molecule is COc1cc(I)c(C(=O)Nc2csc(-c3ccc(F)cc3)c2C(=O)O)c(I)c1I. The number of anilines is 1. The lowest BCUT2D eigenvalue weighted by Crippen LogP contribution is -2.17. The van der Waals surface area contributed by atoms with Crippen LogP contribution >= 0.6 is 79.1 Å². The molecule has 150 valence electrons. The van der Waals surface area contributed by atoms with Crippen molar-refractivity contribution in [1.29, 1.82) is 0 Å². The number of carboxylic acid groups (broad SMARTS) is 1. The van der Waals surface area contributed by atoms with Crippen LogP contribution in [0.4, 0.5) is 10.1 Å². The van der Waals surface area contributed by atoms with Crippen molar-refractivity contribution in [2.24, 2.45) is 0 Å². The van der Waals surface area contributed by atoms with Crippen molar-refractivity contribution in [2.75, 3.05) is 12.4 Å². The molecule has 1 aromatic heterocycles. The molecule has 0 aliphatic carbocycles. The number of carboxylic acids is 1. The van der Waals surface area contributed by atoms with Crippen molar-refractivity contribution in [3.8, 4) is 16.2 Å². The smallest absolute Gasteiger partial charge is 0.339 e. The number of hydrogen-bond acceptors (Lipinski definition) is 4. The Morgan fingerprint density at radius 1 is 1.10 bits per heavy atom. The van der Waals surface area contributed by atoms with Crippen LogP contribution in [0.1, 0.15) is 20.7 Å². The zero-order valence-corrected chi connectivity index (χ0v) is 21.8. The molecule has 1 heterocycles. The second kappa shape index (κ2) is 9.43. The summed E-state index contributed by atoms with van der Waals surface area (Å²) in [5.74, 6) is -1.33. The molecule has 0 radical (unpaired) electrons. The van der Waals surface area contributed by atoms with Gasteiger partial charge in [0.15, 0.2) is 0 Å². The Labute approximate surface area is 210 Å². The van der Waals surface area contributed by atoms with Gasteiger partial charge in [0.2, 0.25) is 0 Å². The Bertz CT molecular complexity index is 1120. The molecule has 0 fully saturated rings. The lowest BCUT2D eigenvalue weighted by atomic mass is 10.1. The molecule has 0 spiro atoms. The lowest BCUT2D eigenvalue weighted by molar-refractivity contribution is 0.0699. The average Bonchev–Trinajstić information content (AvgIpc) is 3.09. The van der Waals surface area contributed by atoms with Crippen LogP contribution in [-0.2, 0) is 0 Å². The highest BCUT2D eigenvalue weighted by atomic mass is 127. The molecule has 29 heavy (non-hydrogen) atoms. The molecule has 0 saturated heterocycles. The fraction of sp³-hybridized carbons (Fsp3) is 0.0526. The summed E-state index contributed by atoms with van der Waals surface area (Å²) in [6, 6.07) is 7.31. The van der Waals surface area contributed by atoms with E-state index in [1.54, 1.807) is 18.6 Å². The topological polar surface area (TPSA) is 75.6 Å². The second-order valence-corrected chi connectivity index (χ2v) is 9.88. The number of carbonyl (C=O) groups is 2. The number of benzene rings is 2. The summed E-state index contributed by atoms with van der Waals surface area (Å²) in [5.41, 5.74) is 1.19. The summed E-state index contributed by atoms with van der Waals surface area (Å²) in [6.45, 7) is 0. The fourth-order valence-corrected chi connectivity index (χ4v) is 6.35. The van der Waals surface area contributed by atoms with Gasteiger partial charge in [0, 0.05) is 12.5 Å². The summed E-state index contributed by atoms with van der Waals surface area (Å²) in [4.78, 5) is 25.3. The van der Waals surface area contributed by atoms with Gasteiger partial charge in [-0.2, -0.15) is 0 Å². The predicted molar refractivity (Wildman–Crippen MR) is 136 cm³/mol. The Morgan fingerprint density at radius 2 is 1.76 bits per heavy atom. The third-order valence-electron chi connectivity index (χ3n) is 3.93. The summed E-state index contributed by atoms with van der Waals surface area (Å²) in [6.07, 6.45) is 0. The van der Waals surface area contributed by atoms with Gasteiger partial charge >= 0.3 is 5.97 Å². The molecular formula is C19H11FI3NO4S. The third kappa shape index (κ3) is 4.69. The molecule has 5 nitrogen and oxygen atoms in total. The van der Waals surface area contributed by atoms with Crippen LogP contribution in [0.2, 0.25) is 0 Å². The number of aromatic carboxylic acids is 1. The first-order valence-electron chi connectivity index (χ1n) is 7.88. The highest BCUT2D eigenvalue weighted by molar-refractivity contribution is 14.1. The van der Waals surface area contributed by atoms with Crippen molar-refractivity contribution in [1.82, 2.24) is 0 Å². The first kappa shape index (κ1) is 22.7. The number of halogens is 4. The van der Waals surface area contributed by atoms with Gasteiger partial charge in [0.1, 0.15) is 17.1 Å². The van der Waals surface area contributed by atoms with Gasteiger partial charge in [0.05, 0.1) is 26.8 Å². The van der Waals surface area contributed by atoms with E-state index in [1.165, 1.54) is 35.6 Å². The highest BCUT2D eigenvalue weighted by Crippen LogP contribution is 2.37. The van der Waals surface area contributed by atoms with Crippen LogP contribution in [0.3, 0.4) is 0 Å². The minimum Gasteiger partial charge on any atom is -0.496 e. The number of methoxy groups -OCH3 is 1. The van der Waals surface area contributed by atoms with Gasteiger partial charge in [-0.25, -0.2) is 9.18 Å². The maximum Gasteiger partial charge on any atom is 0.339 e. The van der Waals surface area contributed by atoms with Crippen LogP contribution in [0.5, 0.6) is 5.75 Å². The Hall–Kier alpha value is -1.000. The van der Waals surface area contributed by atoms with Gasteiger partial charge in [-0.3, -0.25) is 4.79 Å². The van der Waals surface area contributed by atoms with Gasteiger partial charge in [-0.05, 0) is 91.5 Å². The molecular weight excluding hydrogens is 738 g/mol. The molecule has 2 aromatic carbocycles. The molecule has 0 aliphatic rings. The predicted octanol–water partition coefficient (Wildman–Crippen LogP) is 6.33. The Morgan fingerprint density at radius 3 is 2.34 bits per heavy atom. The van der Waals surface area contributed by atoms with E-state index in [1.807, 2.05) is 0 Å².